The molecule has 1 rings (SSSR count). The van der Waals surface area contributed by atoms with E-state index in [4.69, 9.17) is 5.11 Å². The molecule has 0 aliphatic rings. The molecule has 0 saturated carbocycles. The summed E-state index contributed by atoms with van der Waals surface area (Å²) < 4.78 is 0. The van der Waals surface area contributed by atoms with Gasteiger partial charge in [0, 0.05) is 18.9 Å². The van der Waals surface area contributed by atoms with Crippen LogP contribution in [0.5, 0.6) is 0 Å². The second kappa shape index (κ2) is 8.68. The summed E-state index contributed by atoms with van der Waals surface area (Å²) in [7, 11) is 0. The number of unbranched alkanes of at least 4 members (excludes halogenated alkanes) is 1. The van der Waals surface area contributed by atoms with Crippen molar-refractivity contribution in [2.24, 2.45) is 0 Å². The first-order valence-corrected chi connectivity index (χ1v) is 6.75. The monoisotopic (exact) mass is 293 g/mol. The number of amides is 2. The molecule has 0 radical (unpaired) electrons. The summed E-state index contributed by atoms with van der Waals surface area (Å²) in [6, 6.07) is 2.48. The van der Waals surface area contributed by atoms with Crippen molar-refractivity contribution in [3.05, 3.63) is 30.1 Å². The maximum atomic E-state index is 12.0. The van der Waals surface area contributed by atoms with Gasteiger partial charge in [-0.15, -0.1) is 0 Å². The number of ketones is 1. The highest BCUT2D eigenvalue weighted by molar-refractivity contribution is 6.38. The van der Waals surface area contributed by atoms with Gasteiger partial charge in [0.05, 0.1) is 0 Å². The van der Waals surface area contributed by atoms with Crippen molar-refractivity contribution in [3.8, 4) is 0 Å². The van der Waals surface area contributed by atoms with E-state index in [-0.39, 0.29) is 6.54 Å². The fraction of sp³-hybridized carbons (Fsp3) is 0.429. The number of rotatable bonds is 8. The van der Waals surface area contributed by atoms with Gasteiger partial charge in [-0.1, -0.05) is 25.8 Å². The lowest BCUT2D eigenvalue weighted by Crippen LogP contribution is -2.47. The Morgan fingerprint density at radius 1 is 1.38 bits per heavy atom. The van der Waals surface area contributed by atoms with Crippen LogP contribution in [0, 0.1) is 0 Å². The fourth-order valence-electron chi connectivity index (χ4n) is 1.76. The standard InChI is InChI=1S/C14H19N3O4/c1-2-3-6-11(17-14(20)21)12(18)13(19)16-9-10-5-4-7-15-8-10/h4-5,7-8,11,17H,2-3,6,9H2,1H3,(H,16,19)(H,20,21). The smallest absolute Gasteiger partial charge is 0.405 e. The van der Waals surface area contributed by atoms with Crippen LogP contribution in [0.3, 0.4) is 0 Å². The van der Waals surface area contributed by atoms with E-state index in [0.29, 0.717) is 12.8 Å². The van der Waals surface area contributed by atoms with Crippen molar-refractivity contribution in [1.29, 1.82) is 0 Å². The molecule has 2 amide bonds. The Morgan fingerprint density at radius 2 is 2.14 bits per heavy atom. The van der Waals surface area contributed by atoms with Crippen LogP contribution in [-0.2, 0) is 16.1 Å². The maximum absolute atomic E-state index is 12.0. The summed E-state index contributed by atoms with van der Waals surface area (Å²) in [4.78, 5) is 38.3. The third-order valence-electron chi connectivity index (χ3n) is 2.86. The van der Waals surface area contributed by atoms with Crippen molar-refractivity contribution in [1.82, 2.24) is 15.6 Å². The van der Waals surface area contributed by atoms with Crippen molar-refractivity contribution in [3.63, 3.8) is 0 Å². The average molecular weight is 293 g/mol. The molecule has 1 heterocycles. The second-order valence-corrected chi connectivity index (χ2v) is 4.55. The zero-order chi connectivity index (χ0) is 15.7. The molecule has 0 spiro atoms. The highest BCUT2D eigenvalue weighted by Gasteiger charge is 2.26. The molecule has 21 heavy (non-hydrogen) atoms. The highest BCUT2D eigenvalue weighted by Crippen LogP contribution is 2.03. The van der Waals surface area contributed by atoms with Crippen LogP contribution in [0.4, 0.5) is 4.79 Å². The van der Waals surface area contributed by atoms with Gasteiger partial charge >= 0.3 is 6.09 Å². The Bertz CT molecular complexity index is 490. The molecule has 0 fully saturated rings. The molecule has 1 unspecified atom stereocenters. The topological polar surface area (TPSA) is 108 Å². The molecule has 7 heteroatoms. The summed E-state index contributed by atoms with van der Waals surface area (Å²) in [6.45, 7) is 2.09. The first-order valence-electron chi connectivity index (χ1n) is 6.75. The van der Waals surface area contributed by atoms with Crippen molar-refractivity contribution < 1.29 is 19.5 Å². The van der Waals surface area contributed by atoms with Crippen LogP contribution in [0.25, 0.3) is 0 Å². The van der Waals surface area contributed by atoms with Gasteiger partial charge in [0.2, 0.25) is 5.78 Å². The molecule has 7 nitrogen and oxygen atoms in total. The predicted octanol–water partition coefficient (Wildman–Crippen LogP) is 1.09. The zero-order valence-electron chi connectivity index (χ0n) is 11.8. The largest absolute Gasteiger partial charge is 0.465 e. The highest BCUT2D eigenvalue weighted by atomic mass is 16.4. The van der Waals surface area contributed by atoms with E-state index >= 15 is 0 Å². The molecular weight excluding hydrogens is 274 g/mol. The van der Waals surface area contributed by atoms with Crippen molar-refractivity contribution >= 4 is 17.8 Å². The SMILES string of the molecule is CCCCC(NC(=O)O)C(=O)C(=O)NCc1cccnc1. The van der Waals surface area contributed by atoms with Crippen LogP contribution < -0.4 is 10.6 Å². The number of Topliss-reactive ketones (excluding diaryl/α,β-unsaturated/α-hetero) is 1. The number of hydrogen-bond acceptors (Lipinski definition) is 4. The van der Waals surface area contributed by atoms with Gasteiger partial charge in [-0.3, -0.25) is 14.6 Å². The number of pyridine rings is 1. The van der Waals surface area contributed by atoms with Gasteiger partial charge in [0.1, 0.15) is 6.04 Å². The van der Waals surface area contributed by atoms with Crippen LogP contribution in [0.2, 0.25) is 0 Å². The number of nitrogens with one attached hydrogen (secondary N) is 2. The molecular formula is C14H19N3O4. The number of carbonyl (C=O) groups is 3. The average Bonchev–Trinajstić information content (AvgIpc) is 2.49. The Labute approximate surface area is 122 Å². The van der Waals surface area contributed by atoms with Crippen LogP contribution in [0.15, 0.2) is 24.5 Å². The summed E-state index contributed by atoms with van der Waals surface area (Å²) in [5, 5.41) is 13.3. The van der Waals surface area contributed by atoms with Gasteiger partial charge in [-0.2, -0.15) is 0 Å². The second-order valence-electron chi connectivity index (χ2n) is 4.55. The maximum Gasteiger partial charge on any atom is 0.405 e. The molecule has 1 atom stereocenters. The van der Waals surface area contributed by atoms with Crippen LogP contribution in [-0.4, -0.2) is 33.9 Å². The molecule has 0 aromatic carbocycles. The Hall–Kier alpha value is -2.44. The quantitative estimate of drug-likeness (QED) is 0.622. The number of carboxylic acid groups (broad SMARTS) is 1. The molecule has 0 aliphatic carbocycles. The van der Waals surface area contributed by atoms with E-state index in [1.807, 2.05) is 6.92 Å². The van der Waals surface area contributed by atoms with Gasteiger partial charge in [0.15, 0.2) is 0 Å². The van der Waals surface area contributed by atoms with Crippen molar-refractivity contribution in [2.45, 2.75) is 38.8 Å². The van der Waals surface area contributed by atoms with E-state index < -0.39 is 23.8 Å². The van der Waals surface area contributed by atoms with Gasteiger partial charge in [0.25, 0.3) is 5.91 Å². The molecule has 114 valence electrons. The number of carbonyl (C=O) groups excluding carboxylic acids is 2. The summed E-state index contributed by atoms with van der Waals surface area (Å²) in [5.74, 6) is -1.57. The summed E-state index contributed by atoms with van der Waals surface area (Å²) >= 11 is 0. The van der Waals surface area contributed by atoms with E-state index in [0.717, 1.165) is 12.0 Å². The molecule has 0 saturated heterocycles. The molecule has 1 aromatic rings. The fourth-order valence-corrected chi connectivity index (χ4v) is 1.76. The lowest BCUT2D eigenvalue weighted by molar-refractivity contribution is -0.139. The van der Waals surface area contributed by atoms with Gasteiger partial charge in [-0.05, 0) is 18.1 Å². The summed E-state index contributed by atoms with van der Waals surface area (Å²) in [6.07, 6.45) is 3.64. The minimum Gasteiger partial charge on any atom is -0.465 e. The Morgan fingerprint density at radius 3 is 2.71 bits per heavy atom. The third kappa shape index (κ3) is 6.03. The minimum atomic E-state index is -1.32. The van der Waals surface area contributed by atoms with Crippen molar-refractivity contribution in [2.75, 3.05) is 0 Å². The molecule has 3 N–H and O–H groups in total. The van der Waals surface area contributed by atoms with Crippen LogP contribution >= 0.6 is 0 Å². The predicted molar refractivity (Wildman–Crippen MR) is 75.6 cm³/mol. The Kier molecular flexibility index (Phi) is 6.86. The molecule has 1 aromatic heterocycles. The molecule has 0 bridgehead atoms. The first kappa shape index (κ1) is 16.6. The minimum absolute atomic E-state index is 0.173. The zero-order valence-corrected chi connectivity index (χ0v) is 11.8. The van der Waals surface area contributed by atoms with E-state index in [1.54, 1.807) is 24.5 Å². The number of nitrogens with zero attached hydrogens (tertiary/aromatic N) is 1. The number of aromatic nitrogens is 1. The van der Waals surface area contributed by atoms with Crippen LogP contribution in [0.1, 0.15) is 31.7 Å². The van der Waals surface area contributed by atoms with E-state index in [9.17, 15) is 14.4 Å². The van der Waals surface area contributed by atoms with E-state index in [2.05, 4.69) is 15.6 Å². The lowest BCUT2D eigenvalue weighted by atomic mass is 10.1. The third-order valence-corrected chi connectivity index (χ3v) is 2.86. The van der Waals surface area contributed by atoms with Gasteiger partial charge in [-0.25, -0.2) is 4.79 Å². The van der Waals surface area contributed by atoms with Gasteiger partial charge < -0.3 is 15.7 Å². The first-order chi connectivity index (χ1) is 10.0. The molecule has 0 aliphatic heterocycles. The number of hydrogen-bond donors (Lipinski definition) is 3. The Balaban J connectivity index is 2.56. The van der Waals surface area contributed by atoms with E-state index in [1.165, 1.54) is 0 Å². The summed E-state index contributed by atoms with van der Waals surface area (Å²) in [5.41, 5.74) is 0.759. The normalized spacial score (nSPS) is 11.5. The lowest BCUT2D eigenvalue weighted by Gasteiger charge is -2.15.